The van der Waals surface area contributed by atoms with Gasteiger partial charge < -0.3 is 10.0 Å². The van der Waals surface area contributed by atoms with E-state index in [1.54, 1.807) is 54.6 Å². The molecule has 4 rings (SSSR count). The summed E-state index contributed by atoms with van der Waals surface area (Å²) in [7, 11) is 0. The van der Waals surface area contributed by atoms with Crippen LogP contribution < -0.4 is 4.90 Å². The van der Waals surface area contributed by atoms with E-state index in [1.165, 1.54) is 17.3 Å². The van der Waals surface area contributed by atoms with Crippen LogP contribution in [-0.2, 0) is 16.9 Å². The number of aromatic nitrogens is 1. The first kappa shape index (κ1) is 19.6. The van der Waals surface area contributed by atoms with Gasteiger partial charge in [-0.15, -0.1) is 0 Å². The standard InChI is InChI=1S/C22H16Cl2N2O3/c23-16-6-5-15(18(24)11-16)13-26-19-4-2-1-3-17(19)22(29,21(26)28)12-20(27)14-7-9-25-10-8-14/h1-11,29H,12-13H2. The van der Waals surface area contributed by atoms with Crippen molar-refractivity contribution in [1.29, 1.82) is 0 Å². The first-order valence-electron chi connectivity index (χ1n) is 8.91. The molecule has 2 aromatic carbocycles. The molecule has 1 aromatic heterocycles. The van der Waals surface area contributed by atoms with Crippen LogP contribution in [0.25, 0.3) is 0 Å². The van der Waals surface area contributed by atoms with E-state index in [2.05, 4.69) is 4.98 Å². The minimum Gasteiger partial charge on any atom is -0.375 e. The molecule has 0 fully saturated rings. The second-order valence-electron chi connectivity index (χ2n) is 6.84. The van der Waals surface area contributed by atoms with Crippen LogP contribution >= 0.6 is 23.2 Å². The molecule has 0 bridgehead atoms. The molecule has 1 amide bonds. The van der Waals surface area contributed by atoms with Gasteiger partial charge in [-0.25, -0.2) is 0 Å². The number of fused-ring (bicyclic) bond motifs is 1. The molecular weight excluding hydrogens is 411 g/mol. The highest BCUT2D eigenvalue weighted by Crippen LogP contribution is 2.44. The largest absolute Gasteiger partial charge is 0.375 e. The molecule has 2 heterocycles. The van der Waals surface area contributed by atoms with E-state index in [0.717, 1.165) is 0 Å². The second-order valence-corrected chi connectivity index (χ2v) is 7.68. The Morgan fingerprint density at radius 2 is 1.79 bits per heavy atom. The molecule has 0 saturated heterocycles. The summed E-state index contributed by atoms with van der Waals surface area (Å²) in [6.07, 6.45) is 2.63. The third kappa shape index (κ3) is 3.53. The number of anilines is 1. The Morgan fingerprint density at radius 3 is 2.52 bits per heavy atom. The summed E-state index contributed by atoms with van der Waals surface area (Å²) in [6, 6.07) is 15.1. The normalized spacial score (nSPS) is 18.0. The lowest BCUT2D eigenvalue weighted by Gasteiger charge is -2.23. The lowest BCUT2D eigenvalue weighted by atomic mass is 9.88. The van der Waals surface area contributed by atoms with Crippen molar-refractivity contribution in [3.8, 4) is 0 Å². The van der Waals surface area contributed by atoms with Crippen molar-refractivity contribution >= 4 is 40.6 Å². The molecule has 5 nitrogen and oxygen atoms in total. The summed E-state index contributed by atoms with van der Waals surface area (Å²) in [6.45, 7) is 0.150. The summed E-state index contributed by atoms with van der Waals surface area (Å²) in [5, 5.41) is 12.2. The van der Waals surface area contributed by atoms with Crippen LogP contribution in [0.3, 0.4) is 0 Å². The molecule has 146 valence electrons. The predicted molar refractivity (Wildman–Crippen MR) is 111 cm³/mol. The Labute approximate surface area is 177 Å². The number of carbonyl (C=O) groups excluding carboxylic acids is 2. The molecule has 0 saturated carbocycles. The maximum atomic E-state index is 13.3. The summed E-state index contributed by atoms with van der Waals surface area (Å²) in [4.78, 5) is 31.3. The zero-order chi connectivity index (χ0) is 20.6. The Kier molecular flexibility index (Phi) is 5.13. The quantitative estimate of drug-likeness (QED) is 0.613. The fraction of sp³-hybridized carbons (Fsp3) is 0.136. The van der Waals surface area contributed by atoms with E-state index >= 15 is 0 Å². The molecule has 3 aromatic rings. The number of hydrogen-bond donors (Lipinski definition) is 1. The van der Waals surface area contributed by atoms with Crippen molar-refractivity contribution in [1.82, 2.24) is 4.98 Å². The topological polar surface area (TPSA) is 70.5 Å². The molecule has 0 radical (unpaired) electrons. The highest BCUT2D eigenvalue weighted by Gasteiger charge is 2.50. The number of benzene rings is 2. The number of hydrogen-bond acceptors (Lipinski definition) is 4. The molecule has 1 atom stereocenters. The van der Waals surface area contributed by atoms with Crippen molar-refractivity contribution in [2.45, 2.75) is 18.6 Å². The van der Waals surface area contributed by atoms with Gasteiger partial charge in [-0.3, -0.25) is 14.6 Å². The molecule has 1 aliphatic rings. The van der Waals surface area contributed by atoms with Crippen LogP contribution in [0.2, 0.25) is 10.0 Å². The molecule has 0 spiro atoms. The molecule has 1 N–H and O–H groups in total. The van der Waals surface area contributed by atoms with Crippen LogP contribution in [0, 0.1) is 0 Å². The number of ketones is 1. The summed E-state index contributed by atoms with van der Waals surface area (Å²) < 4.78 is 0. The zero-order valence-electron chi connectivity index (χ0n) is 15.2. The van der Waals surface area contributed by atoms with Gasteiger partial charge in [-0.1, -0.05) is 47.5 Å². The maximum absolute atomic E-state index is 13.3. The van der Waals surface area contributed by atoms with E-state index in [1.807, 2.05) is 0 Å². The molecule has 0 aliphatic carbocycles. The van der Waals surface area contributed by atoms with Crippen molar-refractivity contribution in [2.24, 2.45) is 0 Å². The molecule has 1 aliphatic heterocycles. The number of para-hydroxylation sites is 1. The third-order valence-corrected chi connectivity index (χ3v) is 5.59. The Bertz CT molecular complexity index is 1100. The van der Waals surface area contributed by atoms with Crippen LogP contribution in [-0.4, -0.2) is 21.8 Å². The van der Waals surface area contributed by atoms with Crippen molar-refractivity contribution in [2.75, 3.05) is 4.90 Å². The van der Waals surface area contributed by atoms with Crippen molar-refractivity contribution in [3.63, 3.8) is 0 Å². The van der Waals surface area contributed by atoms with Gasteiger partial charge in [0.1, 0.15) is 0 Å². The van der Waals surface area contributed by atoms with Gasteiger partial charge in [-0.05, 0) is 35.9 Å². The van der Waals surface area contributed by atoms with Crippen LogP contribution in [0.4, 0.5) is 5.69 Å². The highest BCUT2D eigenvalue weighted by molar-refractivity contribution is 6.35. The first-order valence-corrected chi connectivity index (χ1v) is 9.67. The molecule has 7 heteroatoms. The lowest BCUT2D eigenvalue weighted by Crippen LogP contribution is -2.41. The van der Waals surface area contributed by atoms with E-state index in [-0.39, 0.29) is 18.7 Å². The number of halogens is 2. The van der Waals surface area contributed by atoms with Crippen LogP contribution in [0.1, 0.15) is 27.9 Å². The minimum absolute atomic E-state index is 0.150. The number of amides is 1. The fourth-order valence-corrected chi connectivity index (χ4v) is 4.00. The van der Waals surface area contributed by atoms with Gasteiger partial charge in [0.15, 0.2) is 11.4 Å². The van der Waals surface area contributed by atoms with Gasteiger partial charge in [0.05, 0.1) is 18.7 Å². The molecule has 1 unspecified atom stereocenters. The van der Waals surface area contributed by atoms with E-state index in [9.17, 15) is 14.7 Å². The fourth-order valence-electron chi connectivity index (χ4n) is 3.53. The Morgan fingerprint density at radius 1 is 1.07 bits per heavy atom. The highest BCUT2D eigenvalue weighted by atomic mass is 35.5. The molecular formula is C22H16Cl2N2O3. The average molecular weight is 427 g/mol. The lowest BCUT2D eigenvalue weighted by molar-refractivity contribution is -0.136. The summed E-state index contributed by atoms with van der Waals surface area (Å²) >= 11 is 12.2. The number of nitrogens with zero attached hydrogens (tertiary/aromatic N) is 2. The third-order valence-electron chi connectivity index (χ3n) is 5.00. The van der Waals surface area contributed by atoms with Gasteiger partial charge in [0.25, 0.3) is 5.91 Å². The maximum Gasteiger partial charge on any atom is 0.264 e. The smallest absolute Gasteiger partial charge is 0.264 e. The minimum atomic E-state index is -1.95. The summed E-state index contributed by atoms with van der Waals surface area (Å²) in [5.74, 6) is -0.906. The SMILES string of the molecule is O=C(CC1(O)C(=O)N(Cc2ccc(Cl)cc2Cl)c2ccccc21)c1ccncc1. The monoisotopic (exact) mass is 426 g/mol. The van der Waals surface area contributed by atoms with Gasteiger partial charge in [0, 0.05) is 33.6 Å². The number of Topliss-reactive ketones (excluding diaryl/α,β-unsaturated/α-hetero) is 1. The molecule has 29 heavy (non-hydrogen) atoms. The predicted octanol–water partition coefficient (Wildman–Crippen LogP) is 4.40. The van der Waals surface area contributed by atoms with Crippen LogP contribution in [0.15, 0.2) is 67.0 Å². The van der Waals surface area contributed by atoms with Gasteiger partial charge >= 0.3 is 0 Å². The zero-order valence-corrected chi connectivity index (χ0v) is 16.7. The summed E-state index contributed by atoms with van der Waals surface area (Å²) in [5.41, 5.74) is 0.0726. The number of rotatable bonds is 5. The van der Waals surface area contributed by atoms with Gasteiger partial charge in [0.2, 0.25) is 0 Å². The van der Waals surface area contributed by atoms with E-state index in [0.29, 0.717) is 32.4 Å². The Hall–Kier alpha value is -2.73. The van der Waals surface area contributed by atoms with E-state index < -0.39 is 11.5 Å². The van der Waals surface area contributed by atoms with Gasteiger partial charge in [-0.2, -0.15) is 0 Å². The van der Waals surface area contributed by atoms with Crippen molar-refractivity contribution in [3.05, 3.63) is 93.7 Å². The Balaban J connectivity index is 1.69. The van der Waals surface area contributed by atoms with Crippen molar-refractivity contribution < 1.29 is 14.7 Å². The van der Waals surface area contributed by atoms with E-state index in [4.69, 9.17) is 23.2 Å². The average Bonchev–Trinajstić information content (AvgIpc) is 2.92. The number of pyridine rings is 1. The number of aliphatic hydroxyl groups is 1. The second kappa shape index (κ2) is 7.59. The number of carbonyl (C=O) groups is 2. The van der Waals surface area contributed by atoms with Crippen LogP contribution in [0.5, 0.6) is 0 Å². The first-order chi connectivity index (χ1) is 13.9.